The van der Waals surface area contributed by atoms with Crippen LogP contribution in [0.4, 0.5) is 8.78 Å². The number of benzene rings is 1. The number of fused-ring (bicyclic) bond motifs is 1. The van der Waals surface area contributed by atoms with E-state index in [1.54, 1.807) is 12.1 Å². The Bertz CT molecular complexity index is 1010. The van der Waals surface area contributed by atoms with Gasteiger partial charge in [-0.1, -0.05) is 13.0 Å². The molecule has 0 aliphatic carbocycles. The van der Waals surface area contributed by atoms with Crippen LogP contribution in [0.5, 0.6) is 11.5 Å². The molecule has 0 bridgehead atoms. The van der Waals surface area contributed by atoms with Gasteiger partial charge in [0.05, 0.1) is 19.7 Å². The van der Waals surface area contributed by atoms with E-state index in [-0.39, 0.29) is 12.3 Å². The summed E-state index contributed by atoms with van der Waals surface area (Å²) in [5, 5.41) is 14.6. The molecule has 2 heterocycles. The molecule has 3 rings (SSSR count). The normalized spacial score (nSPS) is 11.7. The van der Waals surface area contributed by atoms with Crippen LogP contribution in [-0.4, -0.2) is 40.3 Å². The molecule has 0 radical (unpaired) electrons. The van der Waals surface area contributed by atoms with E-state index < -0.39 is 6.61 Å². The summed E-state index contributed by atoms with van der Waals surface area (Å²) in [5.41, 5.74) is 1.27. The lowest BCUT2D eigenvalue weighted by Crippen LogP contribution is -2.37. The highest BCUT2D eigenvalue weighted by molar-refractivity contribution is 5.79. The van der Waals surface area contributed by atoms with Crippen molar-refractivity contribution in [1.29, 1.82) is 0 Å². The van der Waals surface area contributed by atoms with Crippen molar-refractivity contribution in [2.45, 2.75) is 40.0 Å². The zero-order valence-corrected chi connectivity index (χ0v) is 17.5. The molecule has 0 aliphatic rings. The first-order chi connectivity index (χ1) is 15.1. The molecular formula is C21H26F2N6O2. The molecule has 166 valence electrons. The molecule has 0 aliphatic heterocycles. The van der Waals surface area contributed by atoms with E-state index in [2.05, 4.69) is 30.6 Å². The summed E-state index contributed by atoms with van der Waals surface area (Å²) in [6, 6.07) is 10.5. The summed E-state index contributed by atoms with van der Waals surface area (Å²) in [5.74, 6) is 1.77. The van der Waals surface area contributed by atoms with Gasteiger partial charge in [-0.15, -0.1) is 10.2 Å². The average molecular weight is 432 g/mol. The number of rotatable bonds is 10. The third kappa shape index (κ3) is 6.27. The SMILES string of the molecule is CCCOc1ccc(CN=C(NCC)NCc2nnc3ccccn23)c(OC(F)F)c1. The van der Waals surface area contributed by atoms with Crippen molar-refractivity contribution in [3.05, 3.63) is 54.0 Å². The lowest BCUT2D eigenvalue weighted by molar-refractivity contribution is -0.0505. The van der Waals surface area contributed by atoms with E-state index in [9.17, 15) is 8.78 Å². The maximum Gasteiger partial charge on any atom is 0.387 e. The Balaban J connectivity index is 1.72. The second-order valence-electron chi connectivity index (χ2n) is 6.59. The molecule has 0 spiro atoms. The number of alkyl halides is 2. The Hall–Kier alpha value is -3.43. The fourth-order valence-electron chi connectivity index (χ4n) is 2.86. The smallest absolute Gasteiger partial charge is 0.387 e. The average Bonchev–Trinajstić information content (AvgIpc) is 3.18. The molecular weight excluding hydrogens is 406 g/mol. The number of nitrogens with zero attached hydrogens (tertiary/aromatic N) is 4. The van der Waals surface area contributed by atoms with Crippen molar-refractivity contribution in [3.8, 4) is 11.5 Å². The van der Waals surface area contributed by atoms with Gasteiger partial charge in [-0.2, -0.15) is 8.78 Å². The van der Waals surface area contributed by atoms with E-state index in [1.165, 1.54) is 6.07 Å². The third-order valence-electron chi connectivity index (χ3n) is 4.28. The number of hydrogen-bond donors (Lipinski definition) is 2. The maximum atomic E-state index is 12.9. The fourth-order valence-corrected chi connectivity index (χ4v) is 2.86. The molecule has 2 aromatic heterocycles. The van der Waals surface area contributed by atoms with E-state index in [0.29, 0.717) is 37.0 Å². The molecule has 0 fully saturated rings. The second kappa shape index (κ2) is 11.1. The van der Waals surface area contributed by atoms with Crippen LogP contribution < -0.4 is 20.1 Å². The Morgan fingerprint density at radius 1 is 1.16 bits per heavy atom. The van der Waals surface area contributed by atoms with Crippen LogP contribution in [-0.2, 0) is 13.1 Å². The van der Waals surface area contributed by atoms with E-state index in [4.69, 9.17) is 4.74 Å². The highest BCUT2D eigenvalue weighted by Crippen LogP contribution is 2.27. The Morgan fingerprint density at radius 3 is 2.81 bits per heavy atom. The number of aliphatic imine (C=N–C) groups is 1. The lowest BCUT2D eigenvalue weighted by Gasteiger charge is -2.14. The summed E-state index contributed by atoms with van der Waals surface area (Å²) >= 11 is 0. The molecule has 0 atom stereocenters. The summed E-state index contributed by atoms with van der Waals surface area (Å²) in [6.07, 6.45) is 2.70. The maximum absolute atomic E-state index is 12.9. The van der Waals surface area contributed by atoms with Crippen molar-refractivity contribution in [2.24, 2.45) is 4.99 Å². The van der Waals surface area contributed by atoms with Gasteiger partial charge in [-0.3, -0.25) is 4.40 Å². The molecule has 0 saturated heterocycles. The standard InChI is InChI=1S/C21H26F2N6O2/c1-3-11-30-16-9-8-15(17(12-16)31-20(22)23)13-25-21(24-4-2)26-14-19-28-27-18-7-5-6-10-29(18)19/h5-10,12,20H,3-4,11,13-14H2,1-2H3,(H2,24,25,26). The zero-order chi connectivity index (χ0) is 22.1. The third-order valence-corrected chi connectivity index (χ3v) is 4.28. The lowest BCUT2D eigenvalue weighted by atomic mass is 10.2. The Labute approximate surface area is 179 Å². The number of nitrogens with one attached hydrogen (secondary N) is 2. The monoisotopic (exact) mass is 432 g/mol. The van der Waals surface area contributed by atoms with Gasteiger partial charge >= 0.3 is 6.61 Å². The van der Waals surface area contributed by atoms with Crippen LogP contribution >= 0.6 is 0 Å². The first kappa shape index (κ1) is 22.3. The van der Waals surface area contributed by atoms with Gasteiger partial charge in [-0.25, -0.2) is 4.99 Å². The molecule has 0 unspecified atom stereocenters. The number of halogens is 2. The largest absolute Gasteiger partial charge is 0.493 e. The zero-order valence-electron chi connectivity index (χ0n) is 17.5. The van der Waals surface area contributed by atoms with Crippen molar-refractivity contribution in [2.75, 3.05) is 13.2 Å². The summed E-state index contributed by atoms with van der Waals surface area (Å²) in [6.45, 7) is 2.64. The van der Waals surface area contributed by atoms with E-state index in [1.807, 2.05) is 42.6 Å². The Kier molecular flexibility index (Phi) is 7.97. The Morgan fingerprint density at radius 2 is 2.03 bits per heavy atom. The molecule has 3 aromatic rings. The highest BCUT2D eigenvalue weighted by atomic mass is 19.3. The minimum atomic E-state index is -2.93. The number of guanidine groups is 1. The predicted octanol–water partition coefficient (Wildman–Crippen LogP) is 3.37. The van der Waals surface area contributed by atoms with E-state index >= 15 is 0 Å². The van der Waals surface area contributed by atoms with Crippen molar-refractivity contribution in [3.63, 3.8) is 0 Å². The van der Waals surface area contributed by atoms with Crippen LogP contribution in [0.1, 0.15) is 31.7 Å². The fraction of sp³-hybridized carbons (Fsp3) is 0.381. The van der Waals surface area contributed by atoms with Gasteiger partial charge in [0.1, 0.15) is 11.5 Å². The minimum absolute atomic E-state index is 0.0478. The van der Waals surface area contributed by atoms with Crippen LogP contribution in [0.15, 0.2) is 47.6 Å². The molecule has 0 amide bonds. The van der Waals surface area contributed by atoms with Gasteiger partial charge in [0.25, 0.3) is 0 Å². The highest BCUT2D eigenvalue weighted by Gasteiger charge is 2.12. The number of ether oxygens (including phenoxy) is 2. The molecule has 2 N–H and O–H groups in total. The van der Waals surface area contributed by atoms with Gasteiger partial charge in [0.15, 0.2) is 17.4 Å². The van der Waals surface area contributed by atoms with Crippen molar-refractivity contribution in [1.82, 2.24) is 25.2 Å². The summed E-state index contributed by atoms with van der Waals surface area (Å²) in [4.78, 5) is 4.49. The topological polar surface area (TPSA) is 85.1 Å². The number of hydrogen-bond acceptors (Lipinski definition) is 5. The predicted molar refractivity (Wildman–Crippen MR) is 114 cm³/mol. The van der Waals surface area contributed by atoms with Gasteiger partial charge in [0, 0.05) is 24.4 Å². The summed E-state index contributed by atoms with van der Waals surface area (Å²) in [7, 11) is 0. The van der Waals surface area contributed by atoms with Gasteiger partial charge < -0.3 is 20.1 Å². The van der Waals surface area contributed by atoms with Crippen LogP contribution in [0.2, 0.25) is 0 Å². The second-order valence-corrected chi connectivity index (χ2v) is 6.59. The first-order valence-electron chi connectivity index (χ1n) is 10.1. The molecule has 8 nitrogen and oxygen atoms in total. The first-order valence-corrected chi connectivity index (χ1v) is 10.1. The van der Waals surface area contributed by atoms with Crippen molar-refractivity contribution < 1.29 is 18.3 Å². The molecule has 10 heteroatoms. The number of pyridine rings is 1. The quantitative estimate of drug-likeness (QED) is 0.377. The van der Waals surface area contributed by atoms with Gasteiger partial charge in [0.2, 0.25) is 0 Å². The molecule has 1 aromatic carbocycles. The summed E-state index contributed by atoms with van der Waals surface area (Å²) < 4.78 is 37.8. The van der Waals surface area contributed by atoms with Crippen molar-refractivity contribution >= 4 is 11.6 Å². The van der Waals surface area contributed by atoms with Gasteiger partial charge in [-0.05, 0) is 37.6 Å². The molecule has 31 heavy (non-hydrogen) atoms. The molecule has 0 saturated carbocycles. The van der Waals surface area contributed by atoms with Crippen LogP contribution in [0.3, 0.4) is 0 Å². The van der Waals surface area contributed by atoms with Crippen LogP contribution in [0, 0.1) is 0 Å². The van der Waals surface area contributed by atoms with Crippen LogP contribution in [0.25, 0.3) is 5.65 Å². The number of aromatic nitrogens is 3. The minimum Gasteiger partial charge on any atom is -0.493 e. The van der Waals surface area contributed by atoms with E-state index in [0.717, 1.165) is 17.9 Å².